The lowest BCUT2D eigenvalue weighted by Crippen LogP contribution is -2.27. The van der Waals surface area contributed by atoms with Crippen molar-refractivity contribution in [1.29, 1.82) is 0 Å². The fourth-order valence-electron chi connectivity index (χ4n) is 2.63. The molecule has 0 aromatic heterocycles. The largest absolute Gasteiger partial charge is 0.300 e. The molecule has 0 saturated heterocycles. The topological polar surface area (TPSA) is 17.1 Å². The number of ketones is 1. The summed E-state index contributed by atoms with van der Waals surface area (Å²) < 4.78 is 0. The van der Waals surface area contributed by atoms with Gasteiger partial charge in [-0.05, 0) is 44.4 Å². The molecule has 66 valence electrons. The molecule has 1 saturated carbocycles. The molecule has 12 heavy (non-hydrogen) atoms. The molecular weight excluding hydrogens is 148 g/mol. The fourth-order valence-corrected chi connectivity index (χ4v) is 2.63. The summed E-state index contributed by atoms with van der Waals surface area (Å²) in [6.45, 7) is 1.75. The van der Waals surface area contributed by atoms with Gasteiger partial charge in [-0.3, -0.25) is 4.79 Å². The first-order valence-electron chi connectivity index (χ1n) is 4.93. The van der Waals surface area contributed by atoms with Gasteiger partial charge in [0.2, 0.25) is 0 Å². The zero-order valence-corrected chi connectivity index (χ0v) is 7.62. The number of hydrogen-bond acceptors (Lipinski definition) is 1. The third-order valence-electron chi connectivity index (χ3n) is 3.29. The van der Waals surface area contributed by atoms with Crippen LogP contribution in [0.3, 0.4) is 0 Å². The first-order chi connectivity index (χ1) is 5.75. The molecule has 2 aliphatic rings. The van der Waals surface area contributed by atoms with Crippen LogP contribution in [0.2, 0.25) is 0 Å². The summed E-state index contributed by atoms with van der Waals surface area (Å²) in [6, 6.07) is 0. The number of hydrogen-bond donors (Lipinski definition) is 0. The van der Waals surface area contributed by atoms with Gasteiger partial charge in [0.15, 0.2) is 0 Å². The molecule has 0 spiro atoms. The maximum atomic E-state index is 11.2. The lowest BCUT2D eigenvalue weighted by molar-refractivity contribution is -0.122. The molecule has 1 heteroatoms. The van der Waals surface area contributed by atoms with Crippen LogP contribution < -0.4 is 0 Å². The van der Waals surface area contributed by atoms with Gasteiger partial charge in [-0.15, -0.1) is 0 Å². The molecule has 0 heterocycles. The van der Waals surface area contributed by atoms with Gasteiger partial charge in [-0.1, -0.05) is 12.2 Å². The Kier molecular flexibility index (Phi) is 2.03. The van der Waals surface area contributed by atoms with Crippen LogP contribution in [0.5, 0.6) is 0 Å². The lowest BCUT2D eigenvalue weighted by atomic mass is 9.70. The van der Waals surface area contributed by atoms with E-state index in [1.54, 1.807) is 6.92 Å². The summed E-state index contributed by atoms with van der Waals surface area (Å²) in [7, 11) is 0. The van der Waals surface area contributed by atoms with E-state index in [1.807, 2.05) is 0 Å². The van der Waals surface area contributed by atoms with Gasteiger partial charge in [-0.25, -0.2) is 0 Å². The van der Waals surface area contributed by atoms with Crippen molar-refractivity contribution in [2.24, 2.45) is 17.8 Å². The van der Waals surface area contributed by atoms with Crippen molar-refractivity contribution in [3.05, 3.63) is 12.2 Å². The maximum Gasteiger partial charge on any atom is 0.132 e. The van der Waals surface area contributed by atoms with E-state index in [0.29, 0.717) is 17.6 Å². The van der Waals surface area contributed by atoms with Crippen LogP contribution in [-0.2, 0) is 4.79 Å². The summed E-state index contributed by atoms with van der Waals surface area (Å²) in [5.41, 5.74) is 0. The lowest BCUT2D eigenvalue weighted by Gasteiger charge is -2.34. The van der Waals surface area contributed by atoms with E-state index in [4.69, 9.17) is 0 Å². The normalized spacial score (nSPS) is 39.6. The van der Waals surface area contributed by atoms with E-state index in [2.05, 4.69) is 12.2 Å². The maximum absolute atomic E-state index is 11.2. The Morgan fingerprint density at radius 1 is 1.33 bits per heavy atom. The Bertz CT molecular complexity index is 217. The molecule has 2 aliphatic carbocycles. The first kappa shape index (κ1) is 8.03. The molecule has 0 unspecified atom stereocenters. The van der Waals surface area contributed by atoms with Crippen molar-refractivity contribution in [2.45, 2.75) is 32.6 Å². The van der Waals surface area contributed by atoms with Crippen molar-refractivity contribution in [3.63, 3.8) is 0 Å². The second-order valence-electron chi connectivity index (χ2n) is 4.30. The van der Waals surface area contributed by atoms with Crippen LogP contribution in [0.1, 0.15) is 32.6 Å². The van der Waals surface area contributed by atoms with Crippen LogP contribution in [0.25, 0.3) is 0 Å². The Balaban J connectivity index is 2.07. The molecule has 3 atom stereocenters. The minimum Gasteiger partial charge on any atom is -0.300 e. The van der Waals surface area contributed by atoms with E-state index >= 15 is 0 Å². The van der Waals surface area contributed by atoms with Gasteiger partial charge >= 0.3 is 0 Å². The molecule has 1 nitrogen and oxygen atoms in total. The third-order valence-corrected chi connectivity index (χ3v) is 3.29. The molecule has 2 rings (SSSR count). The zero-order chi connectivity index (χ0) is 8.55. The predicted molar refractivity (Wildman–Crippen MR) is 48.8 cm³/mol. The Labute approximate surface area is 73.8 Å². The third kappa shape index (κ3) is 1.45. The molecule has 0 aliphatic heterocycles. The fraction of sp³-hybridized carbons (Fsp3) is 0.727. The molecular formula is C11H16O. The highest BCUT2D eigenvalue weighted by molar-refractivity contribution is 5.78. The van der Waals surface area contributed by atoms with Crippen molar-refractivity contribution in [3.8, 4) is 0 Å². The van der Waals surface area contributed by atoms with E-state index in [0.717, 1.165) is 18.8 Å². The first-order valence-corrected chi connectivity index (χ1v) is 4.93. The minimum absolute atomic E-state index is 0.374. The summed E-state index contributed by atoms with van der Waals surface area (Å²) in [5, 5.41) is 0. The highest BCUT2D eigenvalue weighted by atomic mass is 16.1. The van der Waals surface area contributed by atoms with Gasteiger partial charge < -0.3 is 0 Å². The number of rotatable bonds is 1. The molecule has 0 aromatic rings. The van der Waals surface area contributed by atoms with Crippen molar-refractivity contribution >= 4 is 5.78 Å². The number of allylic oxidation sites excluding steroid dienone is 2. The van der Waals surface area contributed by atoms with Gasteiger partial charge in [0, 0.05) is 5.92 Å². The van der Waals surface area contributed by atoms with Crippen LogP contribution in [0.4, 0.5) is 0 Å². The molecule has 0 aromatic carbocycles. The van der Waals surface area contributed by atoms with Crippen LogP contribution in [0, 0.1) is 17.8 Å². The van der Waals surface area contributed by atoms with E-state index in [1.165, 1.54) is 12.8 Å². The van der Waals surface area contributed by atoms with Crippen LogP contribution >= 0.6 is 0 Å². The number of Topliss-reactive ketones (excluding diaryl/α,β-unsaturated/α-hetero) is 1. The highest BCUT2D eigenvalue weighted by Gasteiger charge is 2.31. The van der Waals surface area contributed by atoms with Gasteiger partial charge in [-0.2, -0.15) is 0 Å². The van der Waals surface area contributed by atoms with E-state index in [-0.39, 0.29) is 0 Å². The average Bonchev–Trinajstić information content (AvgIpc) is 2.03. The highest BCUT2D eigenvalue weighted by Crippen LogP contribution is 2.39. The second-order valence-corrected chi connectivity index (χ2v) is 4.30. The standard InChI is InChI=1S/C11H16O/c1-8(12)11-6-9-3-2-4-10(5-9)7-11/h2-3,9-11H,4-7H2,1H3/t9-,10-,11+/m1/s1. The summed E-state index contributed by atoms with van der Waals surface area (Å²) in [5.74, 6) is 2.30. The van der Waals surface area contributed by atoms with Gasteiger partial charge in [0.05, 0.1) is 0 Å². The van der Waals surface area contributed by atoms with E-state index in [9.17, 15) is 4.79 Å². The molecule has 0 N–H and O–H groups in total. The molecule has 1 fully saturated rings. The van der Waals surface area contributed by atoms with Crippen LogP contribution in [0.15, 0.2) is 12.2 Å². The zero-order valence-electron chi connectivity index (χ0n) is 7.62. The summed E-state index contributed by atoms with van der Waals surface area (Å²) >= 11 is 0. The van der Waals surface area contributed by atoms with Crippen molar-refractivity contribution < 1.29 is 4.79 Å². The summed E-state index contributed by atoms with van der Waals surface area (Å²) in [6.07, 6.45) is 9.42. The van der Waals surface area contributed by atoms with Gasteiger partial charge in [0.25, 0.3) is 0 Å². The second kappa shape index (κ2) is 3.04. The Morgan fingerprint density at radius 3 is 2.83 bits per heavy atom. The molecule has 0 radical (unpaired) electrons. The van der Waals surface area contributed by atoms with Crippen molar-refractivity contribution in [1.82, 2.24) is 0 Å². The Hall–Kier alpha value is -0.590. The number of fused-ring (bicyclic) bond motifs is 2. The average molecular weight is 164 g/mol. The quantitative estimate of drug-likeness (QED) is 0.544. The molecule has 2 bridgehead atoms. The number of carbonyl (C=O) groups excluding carboxylic acids is 1. The number of carbonyl (C=O) groups is 1. The Morgan fingerprint density at radius 2 is 2.17 bits per heavy atom. The monoisotopic (exact) mass is 164 g/mol. The minimum atomic E-state index is 0.374. The van der Waals surface area contributed by atoms with Crippen LogP contribution in [-0.4, -0.2) is 5.78 Å². The van der Waals surface area contributed by atoms with Gasteiger partial charge in [0.1, 0.15) is 5.78 Å². The molecule has 0 amide bonds. The summed E-state index contributed by atoms with van der Waals surface area (Å²) in [4.78, 5) is 11.2. The SMILES string of the molecule is CC(=O)[C@H]1C[C@@H]2C=CC[C@H](C2)C1. The van der Waals surface area contributed by atoms with E-state index < -0.39 is 0 Å². The smallest absolute Gasteiger partial charge is 0.132 e. The predicted octanol–water partition coefficient (Wildman–Crippen LogP) is 2.57. The van der Waals surface area contributed by atoms with Crippen molar-refractivity contribution in [2.75, 3.05) is 0 Å².